The maximum Gasteiger partial charge on any atom is 0.295 e. The number of likely N-dealkylation sites (tertiary alicyclic amines) is 1. The van der Waals surface area contributed by atoms with Crippen molar-refractivity contribution in [2.45, 2.75) is 12.5 Å². The van der Waals surface area contributed by atoms with E-state index in [0.717, 1.165) is 4.47 Å². The van der Waals surface area contributed by atoms with Gasteiger partial charge in [-0.25, -0.2) is 0 Å². The summed E-state index contributed by atoms with van der Waals surface area (Å²) in [5, 5.41) is 10.8. The molecule has 1 aliphatic heterocycles. The summed E-state index contributed by atoms with van der Waals surface area (Å²) in [4.78, 5) is 26.6. The summed E-state index contributed by atoms with van der Waals surface area (Å²) >= 11 is 3.33. The Balaban J connectivity index is 2.06. The normalized spacial score (nSPS) is 19.3. The number of methoxy groups -OCH3 is 1. The lowest BCUT2D eigenvalue weighted by Gasteiger charge is -2.23. The van der Waals surface area contributed by atoms with Crippen LogP contribution >= 0.6 is 15.9 Å². The van der Waals surface area contributed by atoms with Crippen molar-refractivity contribution in [3.8, 4) is 0 Å². The minimum Gasteiger partial charge on any atom is -0.507 e. The van der Waals surface area contributed by atoms with Gasteiger partial charge in [0.1, 0.15) is 17.6 Å². The lowest BCUT2D eigenvalue weighted by Crippen LogP contribution is -2.31. The van der Waals surface area contributed by atoms with E-state index >= 15 is 0 Å². The molecule has 0 saturated carbocycles. The number of ether oxygens (including phenoxy) is 1. The Morgan fingerprint density at radius 3 is 2.62 bits per heavy atom. The number of nitrogens with zero attached hydrogens (tertiary/aromatic N) is 1. The Hall–Kier alpha value is -2.38. The molecule has 1 saturated heterocycles. The Labute approximate surface area is 159 Å². The number of carbonyl (C=O) groups is 2. The zero-order valence-corrected chi connectivity index (χ0v) is 15.7. The topological polar surface area (TPSA) is 80.0 Å². The standard InChI is InChI=1S/C19H18BrNO5/c1-25-10-3-9-21-16(14-4-2-11-26-14)15(18(23)19(21)24)17(22)12-5-7-13(20)8-6-12/h2,4-8,11,16,22H,3,9-10H2,1H3/b17-15-. The summed E-state index contributed by atoms with van der Waals surface area (Å²) in [5.74, 6) is -1.16. The van der Waals surface area contributed by atoms with Crippen molar-refractivity contribution in [1.29, 1.82) is 0 Å². The van der Waals surface area contributed by atoms with E-state index in [2.05, 4.69) is 15.9 Å². The van der Waals surface area contributed by atoms with Crippen molar-refractivity contribution in [2.75, 3.05) is 20.3 Å². The number of hydrogen-bond donors (Lipinski definition) is 1. The van der Waals surface area contributed by atoms with Crippen molar-refractivity contribution in [1.82, 2.24) is 4.90 Å². The Bertz CT molecular complexity index is 826. The number of hydrogen-bond acceptors (Lipinski definition) is 5. The molecule has 1 unspecified atom stereocenters. The molecule has 1 fully saturated rings. The van der Waals surface area contributed by atoms with Crippen LogP contribution in [0.5, 0.6) is 0 Å². The molecule has 1 amide bonds. The molecular weight excluding hydrogens is 402 g/mol. The summed E-state index contributed by atoms with van der Waals surface area (Å²) in [7, 11) is 1.58. The van der Waals surface area contributed by atoms with E-state index in [9.17, 15) is 14.7 Å². The van der Waals surface area contributed by atoms with Gasteiger partial charge >= 0.3 is 0 Å². The Morgan fingerprint density at radius 1 is 1.27 bits per heavy atom. The molecule has 1 aliphatic rings. The van der Waals surface area contributed by atoms with Gasteiger partial charge in [-0.05, 0) is 30.7 Å². The molecule has 1 N–H and O–H groups in total. The van der Waals surface area contributed by atoms with E-state index in [1.165, 1.54) is 11.2 Å². The second-order valence-electron chi connectivity index (χ2n) is 5.86. The highest BCUT2D eigenvalue weighted by molar-refractivity contribution is 9.10. The van der Waals surface area contributed by atoms with E-state index in [4.69, 9.17) is 9.15 Å². The molecule has 0 radical (unpaired) electrons. The molecular formula is C19H18BrNO5. The molecule has 6 nitrogen and oxygen atoms in total. The summed E-state index contributed by atoms with van der Waals surface area (Å²) < 4.78 is 11.3. The van der Waals surface area contributed by atoms with Gasteiger partial charge in [-0.3, -0.25) is 9.59 Å². The van der Waals surface area contributed by atoms with Crippen molar-refractivity contribution in [2.24, 2.45) is 0 Å². The first kappa shape index (κ1) is 18.4. The van der Waals surface area contributed by atoms with Crippen LogP contribution in [-0.4, -0.2) is 42.0 Å². The number of furan rings is 1. The number of aliphatic hydroxyl groups excluding tert-OH is 1. The first-order valence-corrected chi connectivity index (χ1v) is 8.90. The minimum atomic E-state index is -0.759. The van der Waals surface area contributed by atoms with Crippen LogP contribution in [0.2, 0.25) is 0 Å². The largest absolute Gasteiger partial charge is 0.507 e. The highest BCUT2D eigenvalue weighted by Gasteiger charge is 2.47. The summed E-state index contributed by atoms with van der Waals surface area (Å²) in [5.41, 5.74) is 0.490. The van der Waals surface area contributed by atoms with E-state index in [1.807, 2.05) is 0 Å². The number of Topliss-reactive ketones (excluding diaryl/α,β-unsaturated/α-hetero) is 1. The number of rotatable bonds is 6. The van der Waals surface area contributed by atoms with Gasteiger partial charge in [0.2, 0.25) is 0 Å². The fourth-order valence-electron chi connectivity index (χ4n) is 3.00. The van der Waals surface area contributed by atoms with Crippen LogP contribution in [-0.2, 0) is 14.3 Å². The molecule has 1 aromatic carbocycles. The minimum absolute atomic E-state index is 0.0321. The first-order valence-electron chi connectivity index (χ1n) is 8.11. The molecule has 2 aromatic rings. The predicted octanol–water partition coefficient (Wildman–Crippen LogP) is 3.50. The lowest BCUT2D eigenvalue weighted by molar-refractivity contribution is -0.140. The molecule has 0 aliphatic carbocycles. The monoisotopic (exact) mass is 419 g/mol. The number of amides is 1. The van der Waals surface area contributed by atoms with Gasteiger partial charge < -0.3 is 19.2 Å². The third-order valence-corrected chi connectivity index (χ3v) is 4.75. The van der Waals surface area contributed by atoms with Crippen LogP contribution in [0.3, 0.4) is 0 Å². The average Bonchev–Trinajstić information content (AvgIpc) is 3.24. The molecule has 1 aromatic heterocycles. The number of benzene rings is 1. The molecule has 26 heavy (non-hydrogen) atoms. The Kier molecular flexibility index (Phi) is 5.58. The molecule has 2 heterocycles. The van der Waals surface area contributed by atoms with Crippen LogP contribution in [0.4, 0.5) is 0 Å². The van der Waals surface area contributed by atoms with Crippen LogP contribution in [0.1, 0.15) is 23.8 Å². The van der Waals surface area contributed by atoms with E-state index in [0.29, 0.717) is 30.9 Å². The maximum atomic E-state index is 12.6. The molecule has 0 bridgehead atoms. The fourth-order valence-corrected chi connectivity index (χ4v) is 3.26. The smallest absolute Gasteiger partial charge is 0.295 e. The highest BCUT2D eigenvalue weighted by atomic mass is 79.9. The van der Waals surface area contributed by atoms with Gasteiger partial charge in [0.25, 0.3) is 11.7 Å². The van der Waals surface area contributed by atoms with E-state index in [-0.39, 0.29) is 11.3 Å². The quantitative estimate of drug-likeness (QED) is 0.335. The van der Waals surface area contributed by atoms with Crippen molar-refractivity contribution >= 4 is 33.4 Å². The van der Waals surface area contributed by atoms with Gasteiger partial charge in [-0.15, -0.1) is 0 Å². The molecule has 7 heteroatoms. The average molecular weight is 420 g/mol. The van der Waals surface area contributed by atoms with Gasteiger partial charge in [0, 0.05) is 30.3 Å². The van der Waals surface area contributed by atoms with E-state index in [1.54, 1.807) is 43.5 Å². The number of aliphatic hydroxyl groups is 1. The number of halogens is 1. The van der Waals surface area contributed by atoms with Gasteiger partial charge in [0.15, 0.2) is 0 Å². The molecule has 136 valence electrons. The summed E-state index contributed by atoms with van der Waals surface area (Å²) in [6, 6.07) is 9.48. The fraction of sp³-hybridized carbons (Fsp3) is 0.263. The van der Waals surface area contributed by atoms with Crippen LogP contribution < -0.4 is 0 Å². The predicted molar refractivity (Wildman–Crippen MR) is 98.4 cm³/mol. The second kappa shape index (κ2) is 7.88. The van der Waals surface area contributed by atoms with Crippen LogP contribution in [0.15, 0.2) is 57.1 Å². The van der Waals surface area contributed by atoms with Crippen molar-refractivity contribution in [3.05, 3.63) is 64.0 Å². The second-order valence-corrected chi connectivity index (χ2v) is 6.78. The number of carbonyl (C=O) groups excluding carboxylic acids is 2. The molecule has 0 spiro atoms. The summed E-state index contributed by atoms with van der Waals surface area (Å²) in [6.45, 7) is 0.779. The zero-order chi connectivity index (χ0) is 18.7. The number of ketones is 1. The molecule has 3 rings (SSSR count). The highest BCUT2D eigenvalue weighted by Crippen LogP contribution is 2.39. The maximum absolute atomic E-state index is 12.6. The SMILES string of the molecule is COCCCN1C(=O)C(=O)/C(=C(\O)c2ccc(Br)cc2)C1c1ccco1. The van der Waals surface area contributed by atoms with Gasteiger partial charge in [-0.1, -0.05) is 28.1 Å². The first-order chi connectivity index (χ1) is 12.5. The molecule has 1 atom stereocenters. The van der Waals surface area contributed by atoms with E-state index < -0.39 is 17.7 Å². The van der Waals surface area contributed by atoms with Crippen molar-refractivity contribution < 1.29 is 23.8 Å². The third kappa shape index (κ3) is 3.45. The zero-order valence-electron chi connectivity index (χ0n) is 14.1. The van der Waals surface area contributed by atoms with Gasteiger partial charge in [-0.2, -0.15) is 0 Å². The Morgan fingerprint density at radius 2 is 2.00 bits per heavy atom. The van der Waals surface area contributed by atoms with Crippen LogP contribution in [0.25, 0.3) is 5.76 Å². The van der Waals surface area contributed by atoms with Crippen LogP contribution in [0, 0.1) is 0 Å². The van der Waals surface area contributed by atoms with Crippen molar-refractivity contribution in [3.63, 3.8) is 0 Å². The lowest BCUT2D eigenvalue weighted by atomic mass is 9.99. The van der Waals surface area contributed by atoms with Gasteiger partial charge in [0.05, 0.1) is 11.8 Å². The third-order valence-electron chi connectivity index (χ3n) is 4.22. The summed E-state index contributed by atoms with van der Waals surface area (Å²) in [6.07, 6.45) is 2.04.